The minimum Gasteiger partial charge on any atom is -0.333 e. The summed E-state index contributed by atoms with van der Waals surface area (Å²) >= 11 is 3.16. The first kappa shape index (κ1) is 16.6. The number of halogens is 2. The number of carbonyl (C=O) groups excluding carboxylic acids is 2. The maximum absolute atomic E-state index is 13.6. The highest BCUT2D eigenvalue weighted by Gasteiger charge is 2.18. The average molecular weight is 370 g/mol. The molecule has 5 nitrogen and oxygen atoms in total. The van der Waals surface area contributed by atoms with Crippen LogP contribution in [0.4, 0.5) is 4.39 Å². The number of amides is 2. The number of rotatable bonds is 4. The van der Waals surface area contributed by atoms with Gasteiger partial charge in [0, 0.05) is 23.0 Å². The molecule has 1 aliphatic heterocycles. The molecule has 7 heteroatoms. The minimum atomic E-state index is -0.435. The van der Waals surface area contributed by atoms with Gasteiger partial charge in [0.05, 0.1) is 6.21 Å². The Balaban J connectivity index is 1.86. The van der Waals surface area contributed by atoms with E-state index in [0.717, 1.165) is 19.3 Å². The molecule has 1 aromatic carbocycles. The standard InChI is InChI=1S/C15H17BrFN3O2/c16-12-6-5-11(13(17)8-12)9-18-19-14(21)10-20-7-3-1-2-4-15(20)22/h5-6,8-9H,1-4,7,10H2,(H,19,21)/b18-9-. The van der Waals surface area contributed by atoms with Gasteiger partial charge in [0.1, 0.15) is 12.4 Å². The molecule has 0 radical (unpaired) electrons. The molecule has 1 aliphatic rings. The Bertz CT molecular complexity index is 592. The lowest BCUT2D eigenvalue weighted by Crippen LogP contribution is -2.39. The van der Waals surface area contributed by atoms with Gasteiger partial charge in [-0.25, -0.2) is 9.82 Å². The Morgan fingerprint density at radius 3 is 3.00 bits per heavy atom. The molecule has 0 aliphatic carbocycles. The molecule has 1 saturated heterocycles. The van der Waals surface area contributed by atoms with Crippen LogP contribution in [0.15, 0.2) is 27.8 Å². The van der Waals surface area contributed by atoms with Crippen LogP contribution in [0.2, 0.25) is 0 Å². The van der Waals surface area contributed by atoms with Crippen molar-refractivity contribution in [1.29, 1.82) is 0 Å². The summed E-state index contributed by atoms with van der Waals surface area (Å²) in [7, 11) is 0. The highest BCUT2D eigenvalue weighted by molar-refractivity contribution is 9.10. The zero-order chi connectivity index (χ0) is 15.9. The van der Waals surface area contributed by atoms with Crippen molar-refractivity contribution in [1.82, 2.24) is 10.3 Å². The molecule has 1 aromatic rings. The van der Waals surface area contributed by atoms with E-state index in [0.29, 0.717) is 17.4 Å². The van der Waals surface area contributed by atoms with E-state index in [1.165, 1.54) is 17.2 Å². The molecular weight excluding hydrogens is 353 g/mol. The topological polar surface area (TPSA) is 61.8 Å². The summed E-state index contributed by atoms with van der Waals surface area (Å²) in [5, 5.41) is 3.73. The summed E-state index contributed by atoms with van der Waals surface area (Å²) in [5.41, 5.74) is 2.59. The highest BCUT2D eigenvalue weighted by atomic mass is 79.9. The fourth-order valence-electron chi connectivity index (χ4n) is 2.19. The Morgan fingerprint density at radius 1 is 1.41 bits per heavy atom. The molecular formula is C15H17BrFN3O2. The van der Waals surface area contributed by atoms with Gasteiger partial charge in [0.25, 0.3) is 5.91 Å². The maximum Gasteiger partial charge on any atom is 0.259 e. The fourth-order valence-corrected chi connectivity index (χ4v) is 2.53. The van der Waals surface area contributed by atoms with Crippen molar-refractivity contribution in [3.8, 4) is 0 Å². The number of hydrogen-bond acceptors (Lipinski definition) is 3. The molecule has 0 aromatic heterocycles. The molecule has 0 bridgehead atoms. The second-order valence-electron chi connectivity index (χ2n) is 5.08. The molecule has 2 amide bonds. The van der Waals surface area contributed by atoms with Gasteiger partial charge in [0.2, 0.25) is 5.91 Å². The molecule has 118 valence electrons. The van der Waals surface area contributed by atoms with Gasteiger partial charge < -0.3 is 4.90 Å². The largest absolute Gasteiger partial charge is 0.333 e. The SMILES string of the molecule is O=C(CN1CCCCCC1=O)N/N=C\c1ccc(Br)cc1F. The maximum atomic E-state index is 13.6. The van der Waals surface area contributed by atoms with Crippen LogP contribution in [0.5, 0.6) is 0 Å². The zero-order valence-electron chi connectivity index (χ0n) is 12.0. The second-order valence-corrected chi connectivity index (χ2v) is 6.00. The van der Waals surface area contributed by atoms with Crippen molar-refractivity contribution in [3.63, 3.8) is 0 Å². The Labute approximate surface area is 136 Å². The van der Waals surface area contributed by atoms with Gasteiger partial charge in [-0.3, -0.25) is 9.59 Å². The number of nitrogens with one attached hydrogen (secondary N) is 1. The molecule has 1 N–H and O–H groups in total. The Morgan fingerprint density at radius 2 is 2.23 bits per heavy atom. The number of carbonyl (C=O) groups is 2. The van der Waals surface area contributed by atoms with Crippen molar-refractivity contribution in [2.45, 2.75) is 25.7 Å². The van der Waals surface area contributed by atoms with Gasteiger partial charge in [-0.05, 0) is 31.0 Å². The molecule has 0 spiro atoms. The summed E-state index contributed by atoms with van der Waals surface area (Å²) in [4.78, 5) is 25.1. The second kappa shape index (κ2) is 8.03. The third-order valence-corrected chi connectivity index (χ3v) is 3.85. The number of likely N-dealkylation sites (tertiary alicyclic amines) is 1. The van der Waals surface area contributed by atoms with E-state index in [1.54, 1.807) is 12.1 Å². The predicted octanol–water partition coefficient (Wildman–Crippen LogP) is 2.44. The Kier molecular flexibility index (Phi) is 6.06. The number of hydrogen-bond donors (Lipinski definition) is 1. The van der Waals surface area contributed by atoms with Crippen LogP contribution in [0, 0.1) is 5.82 Å². The lowest BCUT2D eigenvalue weighted by atomic mass is 10.2. The molecule has 0 unspecified atom stereocenters. The monoisotopic (exact) mass is 369 g/mol. The summed E-state index contributed by atoms with van der Waals surface area (Å²) in [6.45, 7) is 0.580. The van der Waals surface area contributed by atoms with Crippen molar-refractivity contribution in [2.75, 3.05) is 13.1 Å². The smallest absolute Gasteiger partial charge is 0.259 e. The average Bonchev–Trinajstić information content (AvgIpc) is 2.66. The lowest BCUT2D eigenvalue weighted by Gasteiger charge is -2.18. The van der Waals surface area contributed by atoms with Crippen molar-refractivity contribution < 1.29 is 14.0 Å². The lowest BCUT2D eigenvalue weighted by molar-refractivity contribution is -0.135. The van der Waals surface area contributed by atoms with Crippen LogP contribution in [-0.2, 0) is 9.59 Å². The number of nitrogens with zero attached hydrogens (tertiary/aromatic N) is 2. The first-order valence-electron chi connectivity index (χ1n) is 7.11. The van der Waals surface area contributed by atoms with Crippen LogP contribution in [0.25, 0.3) is 0 Å². The quantitative estimate of drug-likeness (QED) is 0.654. The first-order valence-corrected chi connectivity index (χ1v) is 7.90. The highest BCUT2D eigenvalue weighted by Crippen LogP contribution is 2.13. The van der Waals surface area contributed by atoms with Crippen molar-refractivity contribution >= 4 is 34.0 Å². The van der Waals surface area contributed by atoms with E-state index in [-0.39, 0.29) is 23.9 Å². The number of hydrazone groups is 1. The summed E-state index contributed by atoms with van der Waals surface area (Å²) in [5.74, 6) is -0.824. The van der Waals surface area contributed by atoms with Crippen molar-refractivity contribution in [3.05, 3.63) is 34.1 Å². The van der Waals surface area contributed by atoms with E-state index >= 15 is 0 Å². The van der Waals surface area contributed by atoms with Crippen LogP contribution in [-0.4, -0.2) is 36.0 Å². The van der Waals surface area contributed by atoms with Gasteiger partial charge in [-0.2, -0.15) is 5.10 Å². The molecule has 1 heterocycles. The van der Waals surface area contributed by atoms with Gasteiger partial charge in [-0.1, -0.05) is 22.4 Å². The third kappa shape index (κ3) is 4.91. The van der Waals surface area contributed by atoms with Crippen LogP contribution in [0.1, 0.15) is 31.2 Å². The fraction of sp³-hybridized carbons (Fsp3) is 0.400. The minimum absolute atomic E-state index is 0.00409. The number of benzene rings is 1. The van der Waals surface area contributed by atoms with E-state index in [2.05, 4.69) is 26.5 Å². The summed E-state index contributed by atoms with van der Waals surface area (Å²) in [6.07, 6.45) is 4.51. The molecule has 0 atom stereocenters. The predicted molar refractivity (Wildman–Crippen MR) is 84.9 cm³/mol. The van der Waals surface area contributed by atoms with Gasteiger partial charge >= 0.3 is 0 Å². The molecule has 2 rings (SSSR count). The summed E-state index contributed by atoms with van der Waals surface area (Å²) < 4.78 is 14.2. The van der Waals surface area contributed by atoms with Crippen LogP contribution < -0.4 is 5.43 Å². The van der Waals surface area contributed by atoms with E-state index < -0.39 is 5.82 Å². The van der Waals surface area contributed by atoms with Crippen molar-refractivity contribution in [2.24, 2.45) is 5.10 Å². The molecule has 1 fully saturated rings. The third-order valence-electron chi connectivity index (χ3n) is 3.36. The first-order chi connectivity index (χ1) is 10.6. The van der Waals surface area contributed by atoms with E-state index in [4.69, 9.17) is 0 Å². The molecule has 0 saturated carbocycles. The zero-order valence-corrected chi connectivity index (χ0v) is 13.6. The Hall–Kier alpha value is -1.76. The van der Waals surface area contributed by atoms with E-state index in [1.807, 2.05) is 0 Å². The van der Waals surface area contributed by atoms with Crippen LogP contribution in [0.3, 0.4) is 0 Å². The summed E-state index contributed by atoms with van der Waals surface area (Å²) in [6, 6.07) is 4.55. The molecule has 22 heavy (non-hydrogen) atoms. The van der Waals surface area contributed by atoms with E-state index in [9.17, 15) is 14.0 Å². The normalized spacial score (nSPS) is 15.9. The van der Waals surface area contributed by atoms with Crippen LogP contribution >= 0.6 is 15.9 Å². The van der Waals surface area contributed by atoms with Gasteiger partial charge in [-0.15, -0.1) is 0 Å². The van der Waals surface area contributed by atoms with Gasteiger partial charge in [0.15, 0.2) is 0 Å².